The van der Waals surface area contributed by atoms with Gasteiger partial charge in [0, 0.05) is 15.8 Å². The summed E-state index contributed by atoms with van der Waals surface area (Å²) in [6.07, 6.45) is 5.56. The molecule has 0 bridgehead atoms. The number of carbonyl (C=O) groups excluding carboxylic acids is 1. The van der Waals surface area contributed by atoms with Crippen molar-refractivity contribution < 1.29 is 4.79 Å². The molecule has 1 fully saturated rings. The first-order valence-corrected chi connectivity index (χ1v) is 7.98. The van der Waals surface area contributed by atoms with Crippen LogP contribution >= 0.6 is 22.9 Å². The number of hydrogen-bond acceptors (Lipinski definition) is 3. The molecule has 0 aliphatic heterocycles. The van der Waals surface area contributed by atoms with Crippen LogP contribution in [0.2, 0.25) is 5.02 Å². The minimum absolute atomic E-state index is 0.214. The van der Waals surface area contributed by atoms with Gasteiger partial charge in [-0.15, -0.1) is 11.3 Å². The van der Waals surface area contributed by atoms with E-state index >= 15 is 0 Å². The maximum atomic E-state index is 12.2. The number of carbonyl (C=O) groups is 1. The number of benzene rings is 1. The number of nitrogens with zero attached hydrogens (tertiary/aromatic N) is 1. The Balaban J connectivity index is 1.80. The lowest BCUT2D eigenvalue weighted by molar-refractivity contribution is 0.0959. The molecule has 0 saturated heterocycles. The Kier molecular flexibility index (Phi) is 4.03. The van der Waals surface area contributed by atoms with Gasteiger partial charge < -0.3 is 0 Å². The molecule has 5 heteroatoms. The second-order valence-corrected chi connectivity index (χ2v) is 6.35. The first kappa shape index (κ1) is 13.6. The fraction of sp³-hybridized carbons (Fsp3) is 0.333. The summed E-state index contributed by atoms with van der Waals surface area (Å²) in [4.78, 5) is 12.7. The van der Waals surface area contributed by atoms with Crippen LogP contribution in [-0.4, -0.2) is 11.6 Å². The minimum Gasteiger partial charge on any atom is -0.266 e. The number of hydrazone groups is 1. The van der Waals surface area contributed by atoms with Gasteiger partial charge in [-0.05, 0) is 31.7 Å². The van der Waals surface area contributed by atoms with Crippen molar-refractivity contribution in [2.45, 2.75) is 32.1 Å². The standard InChI is InChI=1S/C15H15ClN2OS/c16-13-11-8-4-5-9-12(11)20-14(13)15(19)18-17-10-6-2-1-3-7-10/h4-5,8-9H,1-3,6-7H2,(H,18,19). The predicted octanol–water partition coefficient (Wildman–Crippen LogP) is 4.60. The van der Waals surface area contributed by atoms with Crippen LogP contribution in [0.1, 0.15) is 41.8 Å². The van der Waals surface area contributed by atoms with Crippen molar-refractivity contribution in [3.05, 3.63) is 34.2 Å². The normalized spacial score (nSPS) is 15.3. The molecule has 0 radical (unpaired) electrons. The number of nitrogens with one attached hydrogen (secondary N) is 1. The zero-order chi connectivity index (χ0) is 13.9. The Bertz CT molecular complexity index is 670. The Morgan fingerprint density at radius 3 is 2.70 bits per heavy atom. The highest BCUT2D eigenvalue weighted by Crippen LogP contribution is 2.34. The molecule has 1 amide bonds. The van der Waals surface area contributed by atoms with Gasteiger partial charge in [0.1, 0.15) is 4.88 Å². The third-order valence-corrected chi connectivity index (χ3v) is 5.16. The highest BCUT2D eigenvalue weighted by molar-refractivity contribution is 7.21. The van der Waals surface area contributed by atoms with Gasteiger partial charge in [-0.1, -0.05) is 36.2 Å². The average Bonchev–Trinajstić information content (AvgIpc) is 2.84. The van der Waals surface area contributed by atoms with E-state index in [2.05, 4.69) is 10.5 Å². The van der Waals surface area contributed by atoms with Gasteiger partial charge in [0.25, 0.3) is 5.91 Å². The zero-order valence-corrected chi connectivity index (χ0v) is 12.6. The predicted molar refractivity (Wildman–Crippen MR) is 84.8 cm³/mol. The van der Waals surface area contributed by atoms with E-state index in [1.165, 1.54) is 30.6 Å². The van der Waals surface area contributed by atoms with E-state index in [0.717, 1.165) is 28.6 Å². The van der Waals surface area contributed by atoms with Crippen LogP contribution in [0.25, 0.3) is 10.1 Å². The van der Waals surface area contributed by atoms with E-state index in [4.69, 9.17) is 11.6 Å². The Hall–Kier alpha value is -1.39. The fourth-order valence-electron chi connectivity index (χ4n) is 2.41. The second-order valence-electron chi connectivity index (χ2n) is 4.92. The summed E-state index contributed by atoms with van der Waals surface area (Å²) in [5.74, 6) is -0.214. The van der Waals surface area contributed by atoms with E-state index in [9.17, 15) is 4.79 Å². The van der Waals surface area contributed by atoms with Crippen LogP contribution in [0, 0.1) is 0 Å². The molecule has 2 aromatic rings. The second kappa shape index (κ2) is 5.94. The van der Waals surface area contributed by atoms with Crippen LogP contribution in [0.3, 0.4) is 0 Å². The molecule has 104 valence electrons. The summed E-state index contributed by atoms with van der Waals surface area (Å²) in [7, 11) is 0. The largest absolute Gasteiger partial charge is 0.283 e. The van der Waals surface area contributed by atoms with E-state index in [1.807, 2.05) is 24.3 Å². The molecular weight excluding hydrogens is 292 g/mol. The summed E-state index contributed by atoms with van der Waals surface area (Å²) >= 11 is 7.68. The van der Waals surface area contributed by atoms with Crippen LogP contribution in [0.5, 0.6) is 0 Å². The van der Waals surface area contributed by atoms with E-state index in [1.54, 1.807) is 0 Å². The number of halogens is 1. The Labute approximate surface area is 126 Å². The molecule has 1 aliphatic carbocycles. The van der Waals surface area contributed by atoms with Crippen molar-refractivity contribution in [2.75, 3.05) is 0 Å². The van der Waals surface area contributed by atoms with Crippen molar-refractivity contribution in [2.24, 2.45) is 5.10 Å². The quantitative estimate of drug-likeness (QED) is 0.809. The number of amides is 1. The maximum Gasteiger partial charge on any atom is 0.283 e. The van der Waals surface area contributed by atoms with Crippen LogP contribution in [0.4, 0.5) is 0 Å². The monoisotopic (exact) mass is 306 g/mol. The van der Waals surface area contributed by atoms with Gasteiger partial charge >= 0.3 is 0 Å². The van der Waals surface area contributed by atoms with Crippen LogP contribution in [-0.2, 0) is 0 Å². The zero-order valence-electron chi connectivity index (χ0n) is 11.0. The lowest BCUT2D eigenvalue weighted by Crippen LogP contribution is -2.20. The van der Waals surface area contributed by atoms with Crippen molar-refractivity contribution in [3.8, 4) is 0 Å². The Morgan fingerprint density at radius 2 is 1.95 bits per heavy atom. The molecule has 0 unspecified atom stereocenters. The van der Waals surface area contributed by atoms with Gasteiger partial charge in [-0.3, -0.25) is 4.79 Å². The van der Waals surface area contributed by atoms with Gasteiger partial charge in [0.15, 0.2) is 0 Å². The summed E-state index contributed by atoms with van der Waals surface area (Å²) < 4.78 is 1.02. The topological polar surface area (TPSA) is 41.5 Å². The molecule has 3 rings (SSSR count). The molecule has 1 aromatic heterocycles. The summed E-state index contributed by atoms with van der Waals surface area (Å²) in [5.41, 5.74) is 3.73. The number of fused-ring (bicyclic) bond motifs is 1. The van der Waals surface area contributed by atoms with Crippen molar-refractivity contribution in [3.63, 3.8) is 0 Å². The van der Waals surface area contributed by atoms with Gasteiger partial charge in [-0.2, -0.15) is 5.10 Å². The third-order valence-electron chi connectivity index (χ3n) is 3.49. The smallest absolute Gasteiger partial charge is 0.266 e. The molecule has 1 aromatic carbocycles. The molecule has 1 heterocycles. The van der Waals surface area contributed by atoms with Crippen molar-refractivity contribution in [1.29, 1.82) is 0 Å². The van der Waals surface area contributed by atoms with E-state index < -0.39 is 0 Å². The van der Waals surface area contributed by atoms with Gasteiger partial charge in [-0.25, -0.2) is 5.43 Å². The summed E-state index contributed by atoms with van der Waals surface area (Å²) in [5, 5.41) is 5.68. The molecule has 0 atom stereocenters. The van der Waals surface area contributed by atoms with E-state index in [0.29, 0.717) is 9.90 Å². The summed E-state index contributed by atoms with van der Waals surface area (Å²) in [6.45, 7) is 0. The Morgan fingerprint density at radius 1 is 1.20 bits per heavy atom. The van der Waals surface area contributed by atoms with Crippen molar-refractivity contribution >= 4 is 44.6 Å². The number of rotatable bonds is 2. The molecular formula is C15H15ClN2OS. The third kappa shape index (κ3) is 2.72. The molecule has 20 heavy (non-hydrogen) atoms. The van der Waals surface area contributed by atoms with Crippen molar-refractivity contribution in [1.82, 2.24) is 5.43 Å². The highest BCUT2D eigenvalue weighted by atomic mass is 35.5. The summed E-state index contributed by atoms with van der Waals surface area (Å²) in [6, 6.07) is 7.76. The molecule has 1 saturated carbocycles. The van der Waals surface area contributed by atoms with Gasteiger partial charge in [0.2, 0.25) is 0 Å². The number of hydrogen-bond donors (Lipinski definition) is 1. The first-order valence-electron chi connectivity index (χ1n) is 6.78. The van der Waals surface area contributed by atoms with Crippen LogP contribution in [0.15, 0.2) is 29.4 Å². The molecule has 3 nitrogen and oxygen atoms in total. The van der Waals surface area contributed by atoms with Crippen LogP contribution < -0.4 is 5.43 Å². The maximum absolute atomic E-state index is 12.2. The number of thiophene rings is 1. The SMILES string of the molecule is O=C(NN=C1CCCCC1)c1sc2ccccc2c1Cl. The first-order chi connectivity index (χ1) is 9.75. The minimum atomic E-state index is -0.214. The van der Waals surface area contributed by atoms with E-state index in [-0.39, 0.29) is 5.91 Å². The highest BCUT2D eigenvalue weighted by Gasteiger charge is 2.17. The average molecular weight is 307 g/mol. The molecule has 0 spiro atoms. The molecule has 1 aliphatic rings. The van der Waals surface area contributed by atoms with Gasteiger partial charge in [0.05, 0.1) is 5.02 Å². The fourth-order valence-corrected chi connectivity index (χ4v) is 3.82. The lowest BCUT2D eigenvalue weighted by Gasteiger charge is -2.11. The lowest BCUT2D eigenvalue weighted by atomic mass is 9.99. The molecule has 1 N–H and O–H groups in total.